The number of hydrogen-bond acceptors (Lipinski definition) is 2. The van der Waals surface area contributed by atoms with Crippen molar-refractivity contribution in [1.29, 1.82) is 0 Å². The zero-order valence-electron chi connectivity index (χ0n) is 13.7. The van der Waals surface area contributed by atoms with E-state index < -0.39 is 0 Å². The molecule has 3 rings (SSSR count). The number of nitrogens with one attached hydrogen (secondary N) is 1. The highest BCUT2D eigenvalue weighted by Gasteiger charge is 2.29. The highest BCUT2D eigenvalue weighted by molar-refractivity contribution is 5.96. The second-order valence-corrected chi connectivity index (χ2v) is 6.18. The molecular formula is C20H24N2O. The Morgan fingerprint density at radius 3 is 2.65 bits per heavy atom. The van der Waals surface area contributed by atoms with Crippen LogP contribution in [0.4, 0.5) is 5.69 Å². The summed E-state index contributed by atoms with van der Waals surface area (Å²) in [7, 11) is 0. The lowest BCUT2D eigenvalue weighted by atomic mass is 10.1. The molecule has 0 saturated heterocycles. The fourth-order valence-corrected chi connectivity index (χ4v) is 3.26. The number of fused-ring (bicyclic) bond motifs is 1. The second kappa shape index (κ2) is 7.42. The van der Waals surface area contributed by atoms with Gasteiger partial charge in [0.1, 0.15) is 0 Å². The first kappa shape index (κ1) is 15.8. The lowest BCUT2D eigenvalue weighted by Gasteiger charge is -2.22. The van der Waals surface area contributed by atoms with Crippen LogP contribution in [-0.2, 0) is 17.6 Å². The van der Waals surface area contributed by atoms with Crippen molar-refractivity contribution in [2.45, 2.75) is 32.2 Å². The lowest BCUT2D eigenvalue weighted by Crippen LogP contribution is -2.37. The largest absolute Gasteiger partial charge is 0.316 e. The van der Waals surface area contributed by atoms with Gasteiger partial charge in [0.2, 0.25) is 5.91 Å². The summed E-state index contributed by atoms with van der Waals surface area (Å²) in [5.74, 6) is 0.217. The Morgan fingerprint density at radius 2 is 1.83 bits per heavy atom. The molecule has 0 bridgehead atoms. The van der Waals surface area contributed by atoms with Crippen molar-refractivity contribution in [2.24, 2.45) is 0 Å². The first-order valence-corrected chi connectivity index (χ1v) is 8.40. The molecule has 1 amide bonds. The molecule has 3 heteroatoms. The van der Waals surface area contributed by atoms with Crippen LogP contribution in [0.25, 0.3) is 0 Å². The number of nitrogens with zero attached hydrogens (tertiary/aromatic N) is 1. The van der Waals surface area contributed by atoms with Crippen LogP contribution in [0.5, 0.6) is 0 Å². The zero-order valence-corrected chi connectivity index (χ0v) is 13.7. The van der Waals surface area contributed by atoms with Gasteiger partial charge in [0.05, 0.1) is 0 Å². The SMILES string of the molecule is CC1Cc2ccccc2N1C(=O)CCNCCc1ccccc1. The van der Waals surface area contributed by atoms with Crippen LogP contribution in [0, 0.1) is 0 Å². The van der Waals surface area contributed by atoms with Crippen LogP contribution in [0.2, 0.25) is 0 Å². The van der Waals surface area contributed by atoms with Gasteiger partial charge in [-0.2, -0.15) is 0 Å². The first-order valence-electron chi connectivity index (χ1n) is 8.40. The van der Waals surface area contributed by atoms with E-state index in [2.05, 4.69) is 48.6 Å². The minimum Gasteiger partial charge on any atom is -0.316 e. The van der Waals surface area contributed by atoms with Gasteiger partial charge in [0.25, 0.3) is 0 Å². The number of para-hydroxylation sites is 1. The molecule has 2 aromatic carbocycles. The molecule has 0 radical (unpaired) electrons. The van der Waals surface area contributed by atoms with Gasteiger partial charge >= 0.3 is 0 Å². The van der Waals surface area contributed by atoms with Gasteiger partial charge in [-0.15, -0.1) is 0 Å². The molecule has 1 aliphatic heterocycles. The maximum Gasteiger partial charge on any atom is 0.228 e. The Kier molecular flexibility index (Phi) is 5.09. The average molecular weight is 308 g/mol. The first-order chi connectivity index (χ1) is 11.3. The summed E-state index contributed by atoms with van der Waals surface area (Å²) in [5.41, 5.74) is 3.70. The molecule has 0 saturated carbocycles. The maximum atomic E-state index is 12.5. The standard InChI is InChI=1S/C20H24N2O/c1-16-15-18-9-5-6-10-19(18)22(16)20(23)12-14-21-13-11-17-7-3-2-4-8-17/h2-10,16,21H,11-15H2,1H3. The summed E-state index contributed by atoms with van der Waals surface area (Å²) in [6, 6.07) is 18.9. The molecule has 23 heavy (non-hydrogen) atoms. The monoisotopic (exact) mass is 308 g/mol. The van der Waals surface area contributed by atoms with Gasteiger partial charge in [-0.05, 0) is 43.5 Å². The summed E-state index contributed by atoms with van der Waals surface area (Å²) in [4.78, 5) is 14.5. The number of carbonyl (C=O) groups is 1. The van der Waals surface area contributed by atoms with Gasteiger partial charge in [-0.3, -0.25) is 4.79 Å². The number of anilines is 1. The van der Waals surface area contributed by atoms with Crippen molar-refractivity contribution < 1.29 is 4.79 Å². The van der Waals surface area contributed by atoms with Crippen molar-refractivity contribution in [3.05, 3.63) is 65.7 Å². The third kappa shape index (κ3) is 3.80. The Bertz CT molecular complexity index is 654. The minimum atomic E-state index is 0.217. The quantitative estimate of drug-likeness (QED) is 0.831. The number of benzene rings is 2. The van der Waals surface area contributed by atoms with E-state index in [1.165, 1.54) is 11.1 Å². The van der Waals surface area contributed by atoms with Crippen LogP contribution in [0.1, 0.15) is 24.5 Å². The molecule has 3 nitrogen and oxygen atoms in total. The predicted molar refractivity (Wildman–Crippen MR) is 94.7 cm³/mol. The van der Waals surface area contributed by atoms with E-state index in [9.17, 15) is 4.79 Å². The number of rotatable bonds is 6. The topological polar surface area (TPSA) is 32.3 Å². The van der Waals surface area contributed by atoms with E-state index in [0.717, 1.165) is 31.6 Å². The highest BCUT2D eigenvalue weighted by Crippen LogP contribution is 2.32. The summed E-state index contributed by atoms with van der Waals surface area (Å²) in [5, 5.41) is 3.38. The van der Waals surface area contributed by atoms with Crippen molar-refractivity contribution >= 4 is 11.6 Å². The van der Waals surface area contributed by atoms with Crippen molar-refractivity contribution in [3.63, 3.8) is 0 Å². The van der Waals surface area contributed by atoms with Gasteiger partial charge in [-0.25, -0.2) is 0 Å². The smallest absolute Gasteiger partial charge is 0.228 e. The molecule has 1 unspecified atom stereocenters. The predicted octanol–water partition coefficient (Wildman–Crippen LogP) is 3.19. The average Bonchev–Trinajstić information content (AvgIpc) is 2.91. The van der Waals surface area contributed by atoms with Crippen LogP contribution in [0.15, 0.2) is 54.6 Å². The lowest BCUT2D eigenvalue weighted by molar-refractivity contribution is -0.118. The van der Waals surface area contributed by atoms with E-state index in [0.29, 0.717) is 6.42 Å². The Balaban J connectivity index is 1.45. The van der Waals surface area contributed by atoms with Crippen molar-refractivity contribution in [2.75, 3.05) is 18.0 Å². The molecule has 1 atom stereocenters. The molecule has 0 aliphatic carbocycles. The summed E-state index contributed by atoms with van der Waals surface area (Å²) < 4.78 is 0. The van der Waals surface area contributed by atoms with Gasteiger partial charge in [0.15, 0.2) is 0 Å². The molecule has 0 fully saturated rings. The van der Waals surface area contributed by atoms with Crippen LogP contribution < -0.4 is 10.2 Å². The fraction of sp³-hybridized carbons (Fsp3) is 0.350. The van der Waals surface area contributed by atoms with Crippen LogP contribution >= 0.6 is 0 Å². The maximum absolute atomic E-state index is 12.5. The molecule has 2 aromatic rings. The zero-order chi connectivity index (χ0) is 16.1. The third-order valence-corrected chi connectivity index (χ3v) is 4.42. The molecule has 120 valence electrons. The van der Waals surface area contributed by atoms with E-state index >= 15 is 0 Å². The van der Waals surface area contributed by atoms with Crippen molar-refractivity contribution in [1.82, 2.24) is 5.32 Å². The van der Waals surface area contributed by atoms with Crippen molar-refractivity contribution in [3.8, 4) is 0 Å². The van der Waals surface area contributed by atoms with Crippen LogP contribution in [0.3, 0.4) is 0 Å². The number of carbonyl (C=O) groups excluding carboxylic acids is 1. The Morgan fingerprint density at radius 1 is 1.09 bits per heavy atom. The molecular weight excluding hydrogens is 284 g/mol. The van der Waals surface area contributed by atoms with Crippen LogP contribution in [-0.4, -0.2) is 25.0 Å². The van der Waals surface area contributed by atoms with Gasteiger partial charge in [0, 0.05) is 24.7 Å². The van der Waals surface area contributed by atoms with Gasteiger partial charge < -0.3 is 10.2 Å². The molecule has 1 heterocycles. The second-order valence-electron chi connectivity index (χ2n) is 6.18. The fourth-order valence-electron chi connectivity index (χ4n) is 3.26. The molecule has 1 N–H and O–H groups in total. The van der Waals surface area contributed by atoms with E-state index in [1.54, 1.807) is 0 Å². The summed E-state index contributed by atoms with van der Waals surface area (Å²) in [6.45, 7) is 3.77. The summed E-state index contributed by atoms with van der Waals surface area (Å²) >= 11 is 0. The Labute approximate surface area is 138 Å². The van der Waals surface area contributed by atoms with E-state index in [1.807, 2.05) is 23.1 Å². The number of amides is 1. The van der Waals surface area contributed by atoms with E-state index in [-0.39, 0.29) is 11.9 Å². The van der Waals surface area contributed by atoms with E-state index in [4.69, 9.17) is 0 Å². The summed E-state index contributed by atoms with van der Waals surface area (Å²) in [6.07, 6.45) is 2.51. The highest BCUT2D eigenvalue weighted by atomic mass is 16.2. The molecule has 0 aromatic heterocycles. The Hall–Kier alpha value is -2.13. The minimum absolute atomic E-state index is 0.217. The normalized spacial score (nSPS) is 16.4. The van der Waals surface area contributed by atoms with Gasteiger partial charge in [-0.1, -0.05) is 48.5 Å². The third-order valence-electron chi connectivity index (χ3n) is 4.42. The number of hydrogen-bond donors (Lipinski definition) is 1. The molecule has 1 aliphatic rings. The molecule has 0 spiro atoms.